The van der Waals surface area contributed by atoms with Gasteiger partial charge in [-0.3, -0.25) is 35.3 Å². The first-order valence-electron chi connectivity index (χ1n) is 5.50. The Balaban J connectivity index is 0.000000313. The number of nitro groups is 3. The maximum Gasteiger partial charge on any atom is 0.375 e. The minimum Gasteiger partial charge on any atom is -0.863 e. The summed E-state index contributed by atoms with van der Waals surface area (Å²) in [6, 6.07) is 0.769. The molecule has 1 aromatic carbocycles. The maximum atomic E-state index is 11.1. The number of benzene rings is 1. The molecule has 118 valence electrons. The number of imidazole rings is 1. The zero-order valence-electron chi connectivity index (χ0n) is 11.0. The van der Waals surface area contributed by atoms with Crippen molar-refractivity contribution in [1.29, 1.82) is 5.26 Å². The quantitative estimate of drug-likeness (QED) is 0.466. The van der Waals surface area contributed by atoms with E-state index < -0.39 is 37.6 Å². The second-order valence-electron chi connectivity index (χ2n) is 3.70. The van der Waals surface area contributed by atoms with E-state index in [9.17, 15) is 35.4 Å². The first-order chi connectivity index (χ1) is 10.8. The highest BCUT2D eigenvalue weighted by atomic mass is 16.6. The van der Waals surface area contributed by atoms with Gasteiger partial charge in [0, 0.05) is 5.26 Å². The van der Waals surface area contributed by atoms with E-state index in [0.29, 0.717) is 12.1 Å². The standard InChI is InChI=1S/C6H3N3O7.C4H3N3/c10-6-4(8(13)14)1-3(7(11)12)2-5(6)9(15)16;5-3-7-2-1-6-4-7/h1-2,10H;1-2,4H. The monoisotopic (exact) mass is 322 g/mol. The lowest BCUT2D eigenvalue weighted by Crippen LogP contribution is -2.22. The van der Waals surface area contributed by atoms with E-state index in [0.717, 1.165) is 0 Å². The zero-order chi connectivity index (χ0) is 17.6. The Hall–Kier alpha value is -4.08. The van der Waals surface area contributed by atoms with Crippen LogP contribution in [0.15, 0.2) is 30.9 Å². The normalized spacial score (nSPS) is 9.17. The molecule has 2 rings (SSSR count). The number of nitriles is 1. The lowest BCUT2D eigenvalue weighted by atomic mass is 10.2. The number of rotatable bonds is 3. The lowest BCUT2D eigenvalue weighted by molar-refractivity contribution is -0.584. The van der Waals surface area contributed by atoms with Crippen LogP contribution in [-0.4, -0.2) is 19.8 Å². The molecule has 0 unspecified atom stereocenters. The molecule has 0 saturated carbocycles. The van der Waals surface area contributed by atoms with Gasteiger partial charge in [0.1, 0.15) is 6.20 Å². The number of nitrogens with zero attached hydrogens (tertiary/aromatic N) is 5. The van der Waals surface area contributed by atoms with Crippen molar-refractivity contribution < 1.29 is 24.4 Å². The number of nitro benzene ring substituents is 3. The number of hydrogen-bond acceptors (Lipinski definition) is 8. The van der Waals surface area contributed by atoms with E-state index in [1.54, 1.807) is 18.7 Å². The van der Waals surface area contributed by atoms with Gasteiger partial charge in [-0.1, -0.05) is 0 Å². The van der Waals surface area contributed by atoms with Crippen molar-refractivity contribution in [2.75, 3.05) is 0 Å². The molecule has 23 heavy (non-hydrogen) atoms. The van der Waals surface area contributed by atoms with Crippen LogP contribution >= 0.6 is 0 Å². The molecule has 1 heterocycles. The predicted octanol–water partition coefficient (Wildman–Crippen LogP) is 0.116. The molecule has 1 N–H and O–H groups in total. The van der Waals surface area contributed by atoms with Gasteiger partial charge in [-0.15, -0.1) is 0 Å². The highest BCUT2D eigenvalue weighted by molar-refractivity contribution is 5.63. The fourth-order valence-corrected chi connectivity index (χ4v) is 1.31. The highest BCUT2D eigenvalue weighted by Crippen LogP contribution is 2.36. The number of aromatic amines is 1. The minimum absolute atomic E-state index is 0.384. The van der Waals surface area contributed by atoms with Gasteiger partial charge in [-0.25, -0.2) is 0 Å². The molecule has 0 amide bonds. The Bertz CT molecular complexity index is 760. The Kier molecular flexibility index (Phi) is 5.22. The largest absolute Gasteiger partial charge is 0.863 e. The molecule has 1 aromatic heterocycles. The molecule has 0 atom stereocenters. The summed E-state index contributed by atoms with van der Waals surface area (Å²) < 4.78 is 1.38. The van der Waals surface area contributed by atoms with Crippen LogP contribution in [0, 0.1) is 41.8 Å². The summed E-state index contributed by atoms with van der Waals surface area (Å²) in [5.74, 6) is -1.46. The number of aromatic nitrogens is 2. The fraction of sp³-hybridized carbons (Fsp3) is 0. The summed E-state index contributed by atoms with van der Waals surface area (Å²) in [6.45, 7) is 0. The third-order valence-corrected chi connectivity index (χ3v) is 2.30. The van der Waals surface area contributed by atoms with E-state index >= 15 is 0 Å². The first-order valence-corrected chi connectivity index (χ1v) is 5.50. The zero-order valence-corrected chi connectivity index (χ0v) is 11.0. The number of non-ortho nitro benzene ring substituents is 1. The third-order valence-electron chi connectivity index (χ3n) is 2.30. The van der Waals surface area contributed by atoms with Crippen LogP contribution in [-0.2, 0) is 0 Å². The lowest BCUT2D eigenvalue weighted by Gasteiger charge is -2.06. The second-order valence-corrected chi connectivity index (χ2v) is 3.70. The summed E-state index contributed by atoms with van der Waals surface area (Å²) in [4.78, 5) is 30.2. The Morgan fingerprint density at radius 1 is 1.04 bits per heavy atom. The van der Waals surface area contributed by atoms with E-state index in [-0.39, 0.29) is 0 Å². The molecule has 2 aromatic rings. The molecular weight excluding hydrogens is 316 g/mol. The van der Waals surface area contributed by atoms with Gasteiger partial charge in [0.25, 0.3) is 17.1 Å². The summed E-state index contributed by atoms with van der Waals surface area (Å²) in [5.41, 5.74) is -3.26. The van der Waals surface area contributed by atoms with E-state index in [1.807, 2.05) is 6.19 Å². The Labute approximate surface area is 126 Å². The van der Waals surface area contributed by atoms with Crippen LogP contribution in [0.5, 0.6) is 5.75 Å². The van der Waals surface area contributed by atoms with Gasteiger partial charge in [0.15, 0.2) is 0 Å². The van der Waals surface area contributed by atoms with Crippen molar-refractivity contribution in [3.63, 3.8) is 0 Å². The average Bonchev–Trinajstić information content (AvgIpc) is 3.00. The van der Waals surface area contributed by atoms with Crippen LogP contribution in [0.4, 0.5) is 17.1 Å². The van der Waals surface area contributed by atoms with E-state index in [1.165, 1.54) is 4.57 Å². The van der Waals surface area contributed by atoms with E-state index in [4.69, 9.17) is 5.26 Å². The maximum absolute atomic E-state index is 11.1. The second kappa shape index (κ2) is 7.08. The van der Waals surface area contributed by atoms with Crippen LogP contribution in [0.3, 0.4) is 0 Å². The molecule has 13 heteroatoms. The predicted molar refractivity (Wildman–Crippen MR) is 67.8 cm³/mol. The SMILES string of the molecule is N#C[n+]1cc[nH]c1.O=[N+]([O-])c1cc([N+](=O)[O-])c([O-])c([N+](=O)[O-])c1. The van der Waals surface area contributed by atoms with Crippen LogP contribution in [0.1, 0.15) is 0 Å². The van der Waals surface area contributed by atoms with Crippen molar-refractivity contribution in [2.45, 2.75) is 0 Å². The molecule has 0 fully saturated rings. The fourth-order valence-electron chi connectivity index (χ4n) is 1.31. The molecule has 0 spiro atoms. The van der Waals surface area contributed by atoms with Crippen molar-refractivity contribution in [1.82, 2.24) is 4.98 Å². The van der Waals surface area contributed by atoms with Crippen molar-refractivity contribution >= 4 is 17.1 Å². The number of H-pyrrole nitrogens is 1. The molecule has 0 aliphatic carbocycles. The van der Waals surface area contributed by atoms with Gasteiger partial charge in [-0.2, -0.15) is 4.57 Å². The van der Waals surface area contributed by atoms with E-state index in [2.05, 4.69) is 4.98 Å². The molecule has 0 saturated heterocycles. The van der Waals surface area contributed by atoms with Crippen LogP contribution in [0.2, 0.25) is 0 Å². The molecular formula is C10H6N6O7. The van der Waals surface area contributed by atoms with Crippen LogP contribution in [0.25, 0.3) is 0 Å². The molecule has 0 aliphatic heterocycles. The summed E-state index contributed by atoms with van der Waals surface area (Å²) in [5, 5.41) is 50.2. The molecule has 0 aliphatic rings. The van der Waals surface area contributed by atoms with Gasteiger partial charge in [-0.05, 0) is 0 Å². The minimum atomic E-state index is -1.46. The van der Waals surface area contributed by atoms with Crippen molar-refractivity contribution in [2.24, 2.45) is 0 Å². The number of hydrogen-bond donors (Lipinski definition) is 1. The Morgan fingerprint density at radius 3 is 1.83 bits per heavy atom. The summed E-state index contributed by atoms with van der Waals surface area (Å²) in [7, 11) is 0. The summed E-state index contributed by atoms with van der Waals surface area (Å²) >= 11 is 0. The number of nitrogens with one attached hydrogen (secondary N) is 1. The van der Waals surface area contributed by atoms with Crippen molar-refractivity contribution in [3.8, 4) is 11.9 Å². The van der Waals surface area contributed by atoms with Gasteiger partial charge in [0.05, 0.1) is 38.8 Å². The van der Waals surface area contributed by atoms with Crippen molar-refractivity contribution in [3.05, 3.63) is 61.2 Å². The molecule has 0 bridgehead atoms. The molecule has 0 radical (unpaired) electrons. The first kappa shape index (κ1) is 17.0. The smallest absolute Gasteiger partial charge is 0.375 e. The Morgan fingerprint density at radius 2 is 1.57 bits per heavy atom. The van der Waals surface area contributed by atoms with Gasteiger partial charge >= 0.3 is 6.19 Å². The highest BCUT2D eigenvalue weighted by Gasteiger charge is 2.24. The summed E-state index contributed by atoms with van der Waals surface area (Å²) in [6.07, 6.45) is 6.78. The van der Waals surface area contributed by atoms with Crippen LogP contribution < -0.4 is 9.67 Å². The molecule has 13 nitrogen and oxygen atoms in total. The topological polar surface area (TPSA) is 196 Å². The average molecular weight is 322 g/mol. The third kappa shape index (κ3) is 4.19. The van der Waals surface area contributed by atoms with Gasteiger partial charge in [0.2, 0.25) is 6.33 Å². The van der Waals surface area contributed by atoms with Gasteiger partial charge < -0.3 is 5.11 Å².